The lowest BCUT2D eigenvalue weighted by Gasteiger charge is -2.32. The van der Waals surface area contributed by atoms with E-state index in [2.05, 4.69) is 4.74 Å². The van der Waals surface area contributed by atoms with E-state index in [-0.39, 0.29) is 24.7 Å². The summed E-state index contributed by atoms with van der Waals surface area (Å²) < 4.78 is 9.51. The van der Waals surface area contributed by atoms with Crippen molar-refractivity contribution in [1.82, 2.24) is 0 Å². The molecule has 1 aliphatic carbocycles. The Morgan fingerprint density at radius 3 is 2.55 bits per heavy atom. The Morgan fingerprint density at radius 1 is 1.05 bits per heavy atom. The molecular weight excluding hydrogens is 264 g/mol. The van der Waals surface area contributed by atoms with Gasteiger partial charge in [0.15, 0.2) is 5.78 Å². The average Bonchev–Trinajstić information content (AvgIpc) is 2.68. The minimum absolute atomic E-state index is 0.118. The van der Waals surface area contributed by atoms with Crippen LogP contribution >= 0.6 is 0 Å². The van der Waals surface area contributed by atoms with Gasteiger partial charge in [0.1, 0.15) is 6.61 Å². The molecule has 20 heavy (non-hydrogen) atoms. The van der Waals surface area contributed by atoms with Crippen molar-refractivity contribution in [2.24, 2.45) is 23.7 Å². The number of Topliss-reactive ketones (excluding diaryl/α,β-unsaturated/α-hetero) is 1. The number of ketones is 1. The maximum Gasteiger partial charge on any atom is 0.321 e. The van der Waals surface area contributed by atoms with E-state index in [1.807, 2.05) is 6.08 Å². The van der Waals surface area contributed by atoms with E-state index in [1.165, 1.54) is 0 Å². The lowest BCUT2D eigenvalue weighted by atomic mass is 9.71. The molecule has 0 aromatic rings. The third-order valence-corrected chi connectivity index (χ3v) is 4.30. The highest BCUT2D eigenvalue weighted by Crippen LogP contribution is 2.42. The largest absolute Gasteiger partial charge is 0.457 e. The molecule has 0 bridgehead atoms. The van der Waals surface area contributed by atoms with Gasteiger partial charge in [-0.1, -0.05) is 11.6 Å². The summed E-state index contributed by atoms with van der Waals surface area (Å²) in [4.78, 5) is 46.5. The second-order valence-corrected chi connectivity index (χ2v) is 5.59. The second-order valence-electron chi connectivity index (χ2n) is 5.59. The maximum atomic E-state index is 11.8. The molecule has 0 amide bonds. The molecule has 0 aromatic heterocycles. The van der Waals surface area contributed by atoms with Gasteiger partial charge in [0.05, 0.1) is 17.8 Å². The molecular formula is C14H14O6. The quantitative estimate of drug-likeness (QED) is 0.392. The fraction of sp³-hybridized carbons (Fsp3) is 0.571. The van der Waals surface area contributed by atoms with Crippen LogP contribution in [0.2, 0.25) is 0 Å². The van der Waals surface area contributed by atoms with E-state index < -0.39 is 35.7 Å². The Bertz CT molecular complexity index is 546. The van der Waals surface area contributed by atoms with Crippen LogP contribution < -0.4 is 0 Å². The van der Waals surface area contributed by atoms with Crippen molar-refractivity contribution in [2.75, 3.05) is 6.61 Å². The predicted molar refractivity (Wildman–Crippen MR) is 64.0 cm³/mol. The number of fused-ring (bicyclic) bond motifs is 1. The van der Waals surface area contributed by atoms with Gasteiger partial charge in [-0.05, 0) is 19.3 Å². The highest BCUT2D eigenvalue weighted by Gasteiger charge is 2.50. The molecule has 2 aliphatic heterocycles. The molecule has 2 saturated heterocycles. The van der Waals surface area contributed by atoms with Crippen LogP contribution in [-0.2, 0) is 28.7 Å². The summed E-state index contributed by atoms with van der Waals surface area (Å²) in [6.45, 7) is 1.58. The van der Waals surface area contributed by atoms with Gasteiger partial charge < -0.3 is 9.47 Å². The highest BCUT2D eigenvalue weighted by molar-refractivity contribution is 5.98. The SMILES string of the molecule is CC1=CC(C2CC(=O)COC2=O)CC2C(=O)OC(=O)C12. The standard InChI is InChI=1S/C14H14O6/c1-6-2-7(9-4-8(15)5-19-12(9)16)3-10-11(6)14(18)20-13(10)17/h2,7,9-11H,3-5H2,1H3. The zero-order chi connectivity index (χ0) is 14.4. The first-order chi connectivity index (χ1) is 9.47. The van der Waals surface area contributed by atoms with Crippen LogP contribution in [-0.4, -0.2) is 30.3 Å². The van der Waals surface area contributed by atoms with Gasteiger partial charge in [-0.2, -0.15) is 0 Å². The van der Waals surface area contributed by atoms with Crippen molar-refractivity contribution in [3.8, 4) is 0 Å². The fourth-order valence-corrected chi connectivity index (χ4v) is 3.33. The lowest BCUT2D eigenvalue weighted by Crippen LogP contribution is -2.38. The number of cyclic esters (lactones) is 3. The van der Waals surface area contributed by atoms with E-state index in [0.717, 1.165) is 5.57 Å². The topological polar surface area (TPSA) is 86.7 Å². The van der Waals surface area contributed by atoms with Crippen LogP contribution in [0.4, 0.5) is 0 Å². The molecule has 0 spiro atoms. The fourth-order valence-electron chi connectivity index (χ4n) is 3.33. The van der Waals surface area contributed by atoms with Crippen molar-refractivity contribution in [1.29, 1.82) is 0 Å². The van der Waals surface area contributed by atoms with Crippen molar-refractivity contribution in [3.05, 3.63) is 11.6 Å². The van der Waals surface area contributed by atoms with Gasteiger partial charge in [-0.25, -0.2) is 0 Å². The molecule has 3 aliphatic rings. The Kier molecular flexibility index (Phi) is 2.96. The normalized spacial score (nSPS) is 37.1. The average molecular weight is 278 g/mol. The van der Waals surface area contributed by atoms with Gasteiger partial charge in [0, 0.05) is 6.42 Å². The number of esters is 3. The van der Waals surface area contributed by atoms with E-state index >= 15 is 0 Å². The minimum Gasteiger partial charge on any atom is -0.457 e. The Hall–Kier alpha value is -1.98. The first-order valence-electron chi connectivity index (χ1n) is 6.59. The molecule has 0 aromatic carbocycles. The molecule has 6 heteroatoms. The zero-order valence-electron chi connectivity index (χ0n) is 11.0. The monoisotopic (exact) mass is 278 g/mol. The van der Waals surface area contributed by atoms with Crippen molar-refractivity contribution >= 4 is 23.7 Å². The van der Waals surface area contributed by atoms with Crippen LogP contribution in [0.1, 0.15) is 19.8 Å². The zero-order valence-corrected chi connectivity index (χ0v) is 11.0. The van der Waals surface area contributed by atoms with Gasteiger partial charge in [-0.3, -0.25) is 19.2 Å². The van der Waals surface area contributed by atoms with Crippen LogP contribution in [0.3, 0.4) is 0 Å². The summed E-state index contributed by atoms with van der Waals surface area (Å²) in [7, 11) is 0. The predicted octanol–water partition coefficient (Wildman–Crippen LogP) is 0.401. The molecule has 106 valence electrons. The minimum atomic E-state index is -0.560. The molecule has 0 saturated carbocycles. The van der Waals surface area contributed by atoms with Crippen LogP contribution in [0.25, 0.3) is 0 Å². The smallest absolute Gasteiger partial charge is 0.321 e. The van der Waals surface area contributed by atoms with Crippen LogP contribution in [0.15, 0.2) is 11.6 Å². The Labute approximate surface area is 115 Å². The summed E-state index contributed by atoms with van der Waals surface area (Å²) in [6.07, 6.45) is 2.29. The summed E-state index contributed by atoms with van der Waals surface area (Å²) in [5.74, 6) is -3.47. The van der Waals surface area contributed by atoms with Gasteiger partial charge in [0.25, 0.3) is 0 Å². The molecule has 0 N–H and O–H groups in total. The van der Waals surface area contributed by atoms with Gasteiger partial charge in [0.2, 0.25) is 0 Å². The summed E-state index contributed by atoms with van der Waals surface area (Å²) in [5.41, 5.74) is 0.730. The summed E-state index contributed by atoms with van der Waals surface area (Å²) in [6, 6.07) is 0. The maximum absolute atomic E-state index is 11.8. The van der Waals surface area contributed by atoms with Crippen LogP contribution in [0, 0.1) is 23.7 Å². The number of hydrogen-bond donors (Lipinski definition) is 0. The number of rotatable bonds is 1. The number of ether oxygens (including phenoxy) is 2. The number of hydrogen-bond acceptors (Lipinski definition) is 6. The van der Waals surface area contributed by atoms with E-state index in [9.17, 15) is 19.2 Å². The second kappa shape index (κ2) is 4.54. The molecule has 6 nitrogen and oxygen atoms in total. The molecule has 2 heterocycles. The van der Waals surface area contributed by atoms with Crippen LogP contribution in [0.5, 0.6) is 0 Å². The lowest BCUT2D eigenvalue weighted by molar-refractivity contribution is -0.161. The first kappa shape index (κ1) is 13.0. The van der Waals surface area contributed by atoms with E-state index in [4.69, 9.17) is 4.74 Å². The summed E-state index contributed by atoms with van der Waals surface area (Å²) >= 11 is 0. The molecule has 4 unspecified atom stereocenters. The third kappa shape index (κ3) is 1.95. The molecule has 0 radical (unpaired) electrons. The molecule has 4 atom stereocenters. The number of carbonyl (C=O) groups excluding carboxylic acids is 4. The Morgan fingerprint density at radius 2 is 1.80 bits per heavy atom. The van der Waals surface area contributed by atoms with Gasteiger partial charge in [-0.15, -0.1) is 0 Å². The summed E-state index contributed by atoms with van der Waals surface area (Å²) in [5, 5.41) is 0. The van der Waals surface area contributed by atoms with E-state index in [1.54, 1.807) is 6.92 Å². The van der Waals surface area contributed by atoms with Crippen molar-refractivity contribution in [2.45, 2.75) is 19.8 Å². The number of carbonyl (C=O) groups is 4. The van der Waals surface area contributed by atoms with Crippen molar-refractivity contribution in [3.63, 3.8) is 0 Å². The molecule has 2 fully saturated rings. The number of allylic oxidation sites excluding steroid dienone is 1. The highest BCUT2D eigenvalue weighted by atomic mass is 16.6. The Balaban J connectivity index is 1.87. The van der Waals surface area contributed by atoms with E-state index in [0.29, 0.717) is 6.42 Å². The van der Waals surface area contributed by atoms with Gasteiger partial charge >= 0.3 is 17.9 Å². The first-order valence-corrected chi connectivity index (χ1v) is 6.59. The van der Waals surface area contributed by atoms with Crippen molar-refractivity contribution < 1.29 is 28.7 Å². The third-order valence-electron chi connectivity index (χ3n) is 4.30. The molecule has 3 rings (SSSR count).